The zero-order valence-electron chi connectivity index (χ0n) is 8.66. The van der Waals surface area contributed by atoms with E-state index < -0.39 is 0 Å². The number of nitrogens with one attached hydrogen (secondary N) is 1. The van der Waals surface area contributed by atoms with Gasteiger partial charge < -0.3 is 4.98 Å². The Bertz CT molecular complexity index is 432. The van der Waals surface area contributed by atoms with Crippen LogP contribution in [-0.2, 0) is 0 Å². The molecule has 0 atom stereocenters. The van der Waals surface area contributed by atoms with Gasteiger partial charge in [0.2, 0.25) is 0 Å². The maximum atomic E-state index is 11.1. The van der Waals surface area contributed by atoms with Crippen LogP contribution in [0.2, 0.25) is 0 Å². The van der Waals surface area contributed by atoms with Crippen molar-refractivity contribution in [1.29, 1.82) is 0 Å². The van der Waals surface area contributed by atoms with Gasteiger partial charge in [-0.3, -0.25) is 4.79 Å². The van der Waals surface area contributed by atoms with Crippen LogP contribution in [0.5, 0.6) is 0 Å². The summed E-state index contributed by atoms with van der Waals surface area (Å²) >= 11 is 0. The van der Waals surface area contributed by atoms with Crippen molar-refractivity contribution in [2.24, 2.45) is 0 Å². The van der Waals surface area contributed by atoms with Gasteiger partial charge in [0.25, 0.3) is 0 Å². The molecule has 0 saturated heterocycles. The molecule has 0 amide bonds. The smallest absolute Gasteiger partial charge is 0.162 e. The lowest BCUT2D eigenvalue weighted by Gasteiger charge is -1.89. The predicted octanol–water partition coefficient (Wildman–Crippen LogP) is 2.79. The van der Waals surface area contributed by atoms with Crippen molar-refractivity contribution in [2.75, 3.05) is 0 Å². The van der Waals surface area contributed by atoms with Crippen molar-refractivity contribution in [3.63, 3.8) is 0 Å². The minimum Gasteiger partial charge on any atom is -0.345 e. The third-order valence-corrected chi connectivity index (χ3v) is 1.83. The summed E-state index contributed by atoms with van der Waals surface area (Å²) in [7, 11) is 0. The number of hydrogen-bond donors (Lipinski definition) is 1. The van der Waals surface area contributed by atoms with Crippen LogP contribution in [-0.4, -0.2) is 15.8 Å². The first-order chi connectivity index (χ1) is 6.79. The maximum Gasteiger partial charge on any atom is 0.162 e. The van der Waals surface area contributed by atoms with Gasteiger partial charge in [-0.25, -0.2) is 4.98 Å². The fourth-order valence-corrected chi connectivity index (χ4v) is 1.25. The summed E-state index contributed by atoms with van der Waals surface area (Å²) < 4.78 is 0. The van der Waals surface area contributed by atoms with Crippen molar-refractivity contribution >= 4 is 16.8 Å². The largest absolute Gasteiger partial charge is 0.345 e. The Balaban J connectivity index is 0.000000461. The highest BCUT2D eigenvalue weighted by Crippen LogP contribution is 2.15. The van der Waals surface area contributed by atoms with E-state index in [0.29, 0.717) is 5.56 Å². The Kier molecular flexibility index (Phi) is 3.40. The molecule has 0 radical (unpaired) electrons. The van der Waals surface area contributed by atoms with Gasteiger partial charge in [0, 0.05) is 23.3 Å². The fourth-order valence-electron chi connectivity index (χ4n) is 1.25. The Morgan fingerprint density at radius 2 is 2.14 bits per heavy atom. The van der Waals surface area contributed by atoms with Crippen molar-refractivity contribution in [3.8, 4) is 0 Å². The predicted molar refractivity (Wildman–Crippen MR) is 57.4 cm³/mol. The lowest BCUT2D eigenvalue weighted by molar-refractivity contribution is 0.101. The molecule has 74 valence electrons. The van der Waals surface area contributed by atoms with E-state index in [9.17, 15) is 4.79 Å². The van der Waals surface area contributed by atoms with Crippen LogP contribution < -0.4 is 0 Å². The third-order valence-electron chi connectivity index (χ3n) is 1.83. The lowest BCUT2D eigenvalue weighted by Crippen LogP contribution is -1.88. The third kappa shape index (κ3) is 1.82. The summed E-state index contributed by atoms with van der Waals surface area (Å²) in [5.41, 5.74) is 1.47. The SMILES string of the molecule is CC.CC(=O)c1c[nH]c2ncccc12. The van der Waals surface area contributed by atoms with Crippen LogP contribution in [0.4, 0.5) is 0 Å². The average molecular weight is 190 g/mol. The number of ketones is 1. The van der Waals surface area contributed by atoms with Crippen molar-refractivity contribution < 1.29 is 4.79 Å². The average Bonchev–Trinajstić information content (AvgIpc) is 2.64. The minimum atomic E-state index is 0.0641. The van der Waals surface area contributed by atoms with Crippen LogP contribution in [0, 0.1) is 0 Å². The number of Topliss-reactive ketones (excluding diaryl/α,β-unsaturated/α-hetero) is 1. The zero-order valence-corrected chi connectivity index (χ0v) is 8.66. The molecule has 0 aliphatic heterocycles. The molecule has 0 aliphatic rings. The number of fused-ring (bicyclic) bond motifs is 1. The van der Waals surface area contributed by atoms with Crippen LogP contribution >= 0.6 is 0 Å². The molecule has 2 aromatic heterocycles. The Labute approximate surface area is 83.2 Å². The van der Waals surface area contributed by atoms with Crippen LogP contribution in [0.25, 0.3) is 11.0 Å². The first-order valence-electron chi connectivity index (χ1n) is 4.72. The summed E-state index contributed by atoms with van der Waals surface area (Å²) in [4.78, 5) is 18.1. The number of carbonyl (C=O) groups excluding carboxylic acids is 1. The molecule has 1 N–H and O–H groups in total. The first kappa shape index (κ1) is 10.4. The number of aromatic amines is 1. The van der Waals surface area contributed by atoms with Gasteiger partial charge >= 0.3 is 0 Å². The fraction of sp³-hybridized carbons (Fsp3) is 0.273. The van der Waals surface area contributed by atoms with Crippen LogP contribution in [0.1, 0.15) is 31.1 Å². The van der Waals surface area contributed by atoms with Crippen LogP contribution in [0.15, 0.2) is 24.5 Å². The number of nitrogens with zero attached hydrogens (tertiary/aromatic N) is 1. The van der Waals surface area contributed by atoms with Gasteiger partial charge in [0.05, 0.1) is 0 Å². The highest BCUT2D eigenvalue weighted by atomic mass is 16.1. The number of aromatic nitrogens is 2. The van der Waals surface area contributed by atoms with E-state index in [0.717, 1.165) is 11.0 Å². The van der Waals surface area contributed by atoms with E-state index in [4.69, 9.17) is 0 Å². The number of pyridine rings is 1. The second-order valence-corrected chi connectivity index (χ2v) is 2.66. The molecule has 0 aromatic carbocycles. The van der Waals surface area contributed by atoms with E-state index >= 15 is 0 Å². The molecule has 2 aromatic rings. The van der Waals surface area contributed by atoms with Gasteiger partial charge in [-0.05, 0) is 19.1 Å². The summed E-state index contributed by atoms with van der Waals surface area (Å²) in [6.07, 6.45) is 3.39. The molecule has 0 fully saturated rings. The molecule has 0 aliphatic carbocycles. The normalized spacial score (nSPS) is 9.36. The zero-order chi connectivity index (χ0) is 10.6. The summed E-state index contributed by atoms with van der Waals surface area (Å²) in [5, 5.41) is 0.894. The van der Waals surface area contributed by atoms with Crippen molar-refractivity contribution in [2.45, 2.75) is 20.8 Å². The molecule has 0 saturated carbocycles. The highest BCUT2D eigenvalue weighted by Gasteiger charge is 2.06. The minimum absolute atomic E-state index is 0.0641. The van der Waals surface area contributed by atoms with Gasteiger partial charge in [0.15, 0.2) is 5.78 Å². The van der Waals surface area contributed by atoms with Crippen molar-refractivity contribution in [3.05, 3.63) is 30.1 Å². The first-order valence-corrected chi connectivity index (χ1v) is 4.72. The molecule has 2 heterocycles. The molecule has 14 heavy (non-hydrogen) atoms. The molecular weight excluding hydrogens is 176 g/mol. The number of carbonyl (C=O) groups is 1. The van der Waals surface area contributed by atoms with Gasteiger partial charge in [-0.1, -0.05) is 13.8 Å². The summed E-state index contributed by atoms with van der Waals surface area (Å²) in [6, 6.07) is 3.71. The van der Waals surface area contributed by atoms with Gasteiger partial charge in [-0.2, -0.15) is 0 Å². The monoisotopic (exact) mass is 190 g/mol. The quantitative estimate of drug-likeness (QED) is 0.703. The molecule has 2 rings (SSSR count). The molecule has 3 heteroatoms. The molecule has 0 spiro atoms. The van der Waals surface area contributed by atoms with Crippen molar-refractivity contribution in [1.82, 2.24) is 9.97 Å². The number of rotatable bonds is 1. The van der Waals surface area contributed by atoms with E-state index in [2.05, 4.69) is 9.97 Å². The second-order valence-electron chi connectivity index (χ2n) is 2.66. The second kappa shape index (κ2) is 4.56. The highest BCUT2D eigenvalue weighted by molar-refractivity contribution is 6.05. The topological polar surface area (TPSA) is 45.8 Å². The summed E-state index contributed by atoms with van der Waals surface area (Å²) in [5.74, 6) is 0.0641. The van der Waals surface area contributed by atoms with Gasteiger partial charge in [0.1, 0.15) is 5.65 Å². The Morgan fingerprint density at radius 3 is 2.79 bits per heavy atom. The maximum absolute atomic E-state index is 11.1. The number of H-pyrrole nitrogens is 1. The van der Waals surface area contributed by atoms with E-state index in [1.165, 1.54) is 0 Å². The molecule has 3 nitrogen and oxygen atoms in total. The molecule has 0 bridgehead atoms. The lowest BCUT2D eigenvalue weighted by atomic mass is 10.2. The molecular formula is C11H14N2O. The standard InChI is InChI=1S/C9H8N2O.C2H6/c1-6(12)8-5-11-9-7(8)3-2-4-10-9;1-2/h2-5H,1H3,(H,10,11);1-2H3. The van der Waals surface area contributed by atoms with E-state index in [-0.39, 0.29) is 5.78 Å². The van der Waals surface area contributed by atoms with E-state index in [1.807, 2.05) is 26.0 Å². The van der Waals surface area contributed by atoms with E-state index in [1.54, 1.807) is 19.3 Å². The Morgan fingerprint density at radius 1 is 1.43 bits per heavy atom. The van der Waals surface area contributed by atoms with Crippen LogP contribution in [0.3, 0.4) is 0 Å². The Hall–Kier alpha value is -1.64. The summed E-state index contributed by atoms with van der Waals surface area (Å²) in [6.45, 7) is 5.55. The number of hydrogen-bond acceptors (Lipinski definition) is 2. The molecule has 0 unspecified atom stereocenters. The van der Waals surface area contributed by atoms with Gasteiger partial charge in [-0.15, -0.1) is 0 Å².